The molecule has 2 rings (SSSR count). The predicted molar refractivity (Wildman–Crippen MR) is 114 cm³/mol. The van der Waals surface area contributed by atoms with Crippen LogP contribution in [-0.2, 0) is 9.59 Å². The molecule has 2 aromatic rings. The first kappa shape index (κ1) is 25.6. The monoisotopic (exact) mass is 428 g/mol. The van der Waals surface area contributed by atoms with E-state index in [0.29, 0.717) is 17.3 Å². The molecule has 0 saturated carbocycles. The first-order chi connectivity index (χ1) is 12.3. The fourth-order valence-electron chi connectivity index (χ4n) is 2.03. The maximum Gasteiger partial charge on any atom is 0.243 e. The highest BCUT2D eigenvalue weighted by molar-refractivity contribution is 5.95. The SMILES string of the molecule is Cc1ccc(Oc2ccc(NC(=O)CNC(=O)[C@@H](N)C(C)C)cn2)cc1.Cl.Cl. The molecular weight excluding hydrogens is 403 g/mol. The molecule has 0 radical (unpaired) electrons. The van der Waals surface area contributed by atoms with Crippen LogP contribution in [0.4, 0.5) is 5.69 Å². The molecule has 0 aliphatic heterocycles. The van der Waals surface area contributed by atoms with Crippen LogP contribution in [0.15, 0.2) is 42.6 Å². The first-order valence-corrected chi connectivity index (χ1v) is 8.39. The highest BCUT2D eigenvalue weighted by atomic mass is 35.5. The van der Waals surface area contributed by atoms with Crippen LogP contribution in [0.2, 0.25) is 0 Å². The zero-order chi connectivity index (χ0) is 19.1. The van der Waals surface area contributed by atoms with Gasteiger partial charge in [-0.3, -0.25) is 9.59 Å². The third kappa shape index (κ3) is 8.12. The summed E-state index contributed by atoms with van der Waals surface area (Å²) in [6, 6.07) is 10.3. The number of aromatic nitrogens is 1. The fourth-order valence-corrected chi connectivity index (χ4v) is 2.03. The van der Waals surface area contributed by atoms with Gasteiger partial charge in [-0.25, -0.2) is 4.98 Å². The Morgan fingerprint density at radius 2 is 1.75 bits per heavy atom. The van der Waals surface area contributed by atoms with Gasteiger partial charge < -0.3 is 21.1 Å². The van der Waals surface area contributed by atoms with E-state index in [1.807, 2.05) is 45.0 Å². The van der Waals surface area contributed by atoms with Gasteiger partial charge >= 0.3 is 0 Å². The highest BCUT2D eigenvalue weighted by Gasteiger charge is 2.17. The van der Waals surface area contributed by atoms with Crippen LogP contribution >= 0.6 is 24.8 Å². The van der Waals surface area contributed by atoms with Crippen LogP contribution in [0, 0.1) is 12.8 Å². The maximum atomic E-state index is 11.9. The first-order valence-electron chi connectivity index (χ1n) is 8.39. The van der Waals surface area contributed by atoms with Crippen molar-refractivity contribution in [3.8, 4) is 11.6 Å². The summed E-state index contributed by atoms with van der Waals surface area (Å²) < 4.78 is 5.63. The lowest BCUT2D eigenvalue weighted by Crippen LogP contribution is -2.46. The van der Waals surface area contributed by atoms with E-state index >= 15 is 0 Å². The molecule has 0 unspecified atom stereocenters. The fraction of sp³-hybridized carbons (Fsp3) is 0.316. The summed E-state index contributed by atoms with van der Waals surface area (Å²) in [4.78, 5) is 27.8. The Labute approximate surface area is 177 Å². The van der Waals surface area contributed by atoms with Crippen molar-refractivity contribution in [1.29, 1.82) is 0 Å². The van der Waals surface area contributed by atoms with Gasteiger partial charge in [-0.1, -0.05) is 31.5 Å². The zero-order valence-corrected chi connectivity index (χ0v) is 17.6. The zero-order valence-electron chi connectivity index (χ0n) is 16.0. The van der Waals surface area contributed by atoms with Gasteiger partial charge in [-0.05, 0) is 31.0 Å². The van der Waals surface area contributed by atoms with E-state index in [9.17, 15) is 9.59 Å². The van der Waals surface area contributed by atoms with Crippen molar-refractivity contribution in [2.75, 3.05) is 11.9 Å². The molecule has 0 fully saturated rings. The maximum absolute atomic E-state index is 11.9. The normalized spacial score (nSPS) is 10.9. The van der Waals surface area contributed by atoms with Crippen LogP contribution < -0.4 is 21.1 Å². The number of hydrogen-bond donors (Lipinski definition) is 3. The van der Waals surface area contributed by atoms with Crippen LogP contribution in [-0.4, -0.2) is 29.4 Å². The van der Waals surface area contributed by atoms with Gasteiger partial charge in [0.15, 0.2) is 0 Å². The molecule has 1 aromatic heterocycles. The van der Waals surface area contributed by atoms with Gasteiger partial charge in [0.05, 0.1) is 24.5 Å². The molecule has 0 aliphatic rings. The number of nitrogens with two attached hydrogens (primary N) is 1. The molecule has 28 heavy (non-hydrogen) atoms. The number of benzene rings is 1. The molecule has 154 valence electrons. The van der Waals surface area contributed by atoms with Crippen molar-refractivity contribution in [3.05, 3.63) is 48.2 Å². The number of amides is 2. The van der Waals surface area contributed by atoms with E-state index in [1.165, 1.54) is 6.20 Å². The Balaban J connectivity index is 0.00000364. The molecule has 1 atom stereocenters. The van der Waals surface area contributed by atoms with Gasteiger partial charge in [0, 0.05) is 6.07 Å². The Hall–Kier alpha value is -2.35. The number of carbonyl (C=O) groups excluding carboxylic acids is 2. The summed E-state index contributed by atoms with van der Waals surface area (Å²) in [6.45, 7) is 5.53. The van der Waals surface area contributed by atoms with Crippen molar-refractivity contribution in [3.63, 3.8) is 0 Å². The number of nitrogens with one attached hydrogen (secondary N) is 2. The van der Waals surface area contributed by atoms with Crippen molar-refractivity contribution in [1.82, 2.24) is 10.3 Å². The molecule has 2 amide bonds. The summed E-state index contributed by atoms with van der Waals surface area (Å²) in [6.07, 6.45) is 1.49. The van der Waals surface area contributed by atoms with E-state index in [-0.39, 0.29) is 49.1 Å². The number of aryl methyl sites for hydroxylation is 1. The number of carbonyl (C=O) groups is 2. The third-order valence-electron chi connectivity index (χ3n) is 3.71. The minimum absolute atomic E-state index is 0. The Kier molecular flexibility index (Phi) is 11.2. The summed E-state index contributed by atoms with van der Waals surface area (Å²) in [5.41, 5.74) is 7.37. The third-order valence-corrected chi connectivity index (χ3v) is 3.71. The van der Waals surface area contributed by atoms with Crippen molar-refractivity contribution in [2.24, 2.45) is 11.7 Å². The van der Waals surface area contributed by atoms with Crippen molar-refractivity contribution < 1.29 is 14.3 Å². The van der Waals surface area contributed by atoms with Gasteiger partial charge in [-0.15, -0.1) is 24.8 Å². The van der Waals surface area contributed by atoms with Crippen molar-refractivity contribution >= 4 is 42.3 Å². The molecule has 4 N–H and O–H groups in total. The molecule has 1 heterocycles. The Morgan fingerprint density at radius 1 is 1.11 bits per heavy atom. The van der Waals surface area contributed by atoms with Crippen LogP contribution in [0.25, 0.3) is 0 Å². The largest absolute Gasteiger partial charge is 0.439 e. The number of pyridine rings is 1. The number of anilines is 1. The van der Waals surface area contributed by atoms with Gasteiger partial charge in [-0.2, -0.15) is 0 Å². The van der Waals surface area contributed by atoms with Gasteiger partial charge in [0.2, 0.25) is 17.7 Å². The topological polar surface area (TPSA) is 106 Å². The number of rotatable bonds is 7. The van der Waals surface area contributed by atoms with E-state index < -0.39 is 6.04 Å². The summed E-state index contributed by atoms with van der Waals surface area (Å²) >= 11 is 0. The van der Waals surface area contributed by atoms with Crippen molar-refractivity contribution in [2.45, 2.75) is 26.8 Å². The lowest BCUT2D eigenvalue weighted by atomic mass is 10.1. The molecular formula is C19H26Cl2N4O3. The predicted octanol–water partition coefficient (Wildman–Crippen LogP) is 3.06. The molecule has 0 spiro atoms. The second-order valence-corrected chi connectivity index (χ2v) is 6.34. The summed E-state index contributed by atoms with van der Waals surface area (Å²) in [5, 5.41) is 5.16. The van der Waals surface area contributed by atoms with E-state index in [1.54, 1.807) is 12.1 Å². The van der Waals surface area contributed by atoms with Crippen LogP contribution in [0.3, 0.4) is 0 Å². The van der Waals surface area contributed by atoms with E-state index in [4.69, 9.17) is 10.5 Å². The Bertz CT molecular complexity index is 753. The average molecular weight is 429 g/mol. The molecule has 0 saturated heterocycles. The molecule has 1 aromatic carbocycles. The minimum Gasteiger partial charge on any atom is -0.439 e. The van der Waals surface area contributed by atoms with Gasteiger partial charge in [0.1, 0.15) is 5.75 Å². The second kappa shape index (κ2) is 12.2. The quantitative estimate of drug-likeness (QED) is 0.627. The lowest BCUT2D eigenvalue weighted by molar-refractivity contribution is -0.125. The molecule has 0 aliphatic carbocycles. The molecule has 0 bridgehead atoms. The molecule has 9 heteroatoms. The van der Waals surface area contributed by atoms with E-state index in [2.05, 4.69) is 15.6 Å². The number of hydrogen-bond acceptors (Lipinski definition) is 5. The lowest BCUT2D eigenvalue weighted by Gasteiger charge is -2.15. The Morgan fingerprint density at radius 3 is 2.29 bits per heavy atom. The smallest absolute Gasteiger partial charge is 0.243 e. The van der Waals surface area contributed by atoms with Gasteiger partial charge in [0.25, 0.3) is 0 Å². The second-order valence-electron chi connectivity index (χ2n) is 6.34. The average Bonchev–Trinajstić information content (AvgIpc) is 2.62. The van der Waals surface area contributed by atoms with Crippen LogP contribution in [0.1, 0.15) is 19.4 Å². The summed E-state index contributed by atoms with van der Waals surface area (Å²) in [5.74, 6) is 0.397. The highest BCUT2D eigenvalue weighted by Crippen LogP contribution is 2.20. The number of halogens is 2. The number of nitrogens with zero attached hydrogens (tertiary/aromatic N) is 1. The van der Waals surface area contributed by atoms with E-state index in [0.717, 1.165) is 5.56 Å². The standard InChI is InChI=1S/C19H24N4O3.2ClH/c1-12(2)18(20)19(25)22-11-16(24)23-14-6-9-17(21-10-14)26-15-7-4-13(3)5-8-15;;/h4-10,12,18H,11,20H2,1-3H3,(H,22,25)(H,23,24);2*1H/t18-;;/m0../s1. The summed E-state index contributed by atoms with van der Waals surface area (Å²) in [7, 11) is 0. The molecule has 7 nitrogen and oxygen atoms in total. The number of ether oxygens (including phenoxy) is 1. The minimum atomic E-state index is -0.636. The van der Waals surface area contributed by atoms with Crippen LogP contribution in [0.5, 0.6) is 11.6 Å².